The third-order valence-electron chi connectivity index (χ3n) is 5.51. The van der Waals surface area contributed by atoms with Crippen LogP contribution in [0.25, 0.3) is 16.9 Å². The van der Waals surface area contributed by atoms with Crippen LogP contribution in [0.2, 0.25) is 0 Å². The summed E-state index contributed by atoms with van der Waals surface area (Å²) in [5.74, 6) is 0. The fourth-order valence-electron chi connectivity index (χ4n) is 3.98. The van der Waals surface area contributed by atoms with Crippen molar-refractivity contribution in [2.45, 2.75) is 0 Å². The molecule has 0 saturated carbocycles. The molecule has 0 amide bonds. The normalized spacial score (nSPS) is 11.4. The van der Waals surface area contributed by atoms with Gasteiger partial charge in [0.2, 0.25) is 0 Å². The zero-order valence-corrected chi connectivity index (χ0v) is 17.9. The number of nitrogens with zero attached hydrogens (tertiary/aromatic N) is 1. The van der Waals surface area contributed by atoms with Crippen LogP contribution in [-0.2, 0) is 4.57 Å². The Hall–Kier alpha value is -3.61. The highest BCUT2D eigenvalue weighted by molar-refractivity contribution is 7.85. The van der Waals surface area contributed by atoms with Crippen molar-refractivity contribution < 1.29 is 4.57 Å². The third-order valence-corrected chi connectivity index (χ3v) is 8.54. The van der Waals surface area contributed by atoms with E-state index >= 15 is 0 Å². The third kappa shape index (κ3) is 3.56. The summed E-state index contributed by atoms with van der Waals surface area (Å²) in [6.45, 7) is 0. The van der Waals surface area contributed by atoms with Crippen LogP contribution in [0.5, 0.6) is 0 Å². The van der Waals surface area contributed by atoms with E-state index < -0.39 is 7.14 Å². The Labute approximate surface area is 182 Å². The molecule has 31 heavy (non-hydrogen) atoms. The van der Waals surface area contributed by atoms with Gasteiger partial charge in [0, 0.05) is 27.8 Å². The molecule has 150 valence electrons. The van der Waals surface area contributed by atoms with E-state index in [0.717, 1.165) is 32.9 Å². The van der Waals surface area contributed by atoms with Crippen molar-refractivity contribution in [2.75, 3.05) is 0 Å². The van der Waals surface area contributed by atoms with Gasteiger partial charge in [-0.2, -0.15) is 0 Å². The van der Waals surface area contributed by atoms with Crippen molar-refractivity contribution in [3.8, 4) is 16.9 Å². The summed E-state index contributed by atoms with van der Waals surface area (Å²) in [4.78, 5) is 0. The Balaban J connectivity index is 1.79. The Morgan fingerprint density at radius 2 is 0.968 bits per heavy atom. The van der Waals surface area contributed by atoms with Gasteiger partial charge in [-0.15, -0.1) is 0 Å². The van der Waals surface area contributed by atoms with E-state index in [9.17, 15) is 4.57 Å². The Kier molecular flexibility index (Phi) is 5.16. The highest BCUT2D eigenvalue weighted by atomic mass is 31.2. The van der Waals surface area contributed by atoms with Crippen LogP contribution in [0, 0.1) is 0 Å². The van der Waals surface area contributed by atoms with E-state index in [1.54, 1.807) is 0 Å². The molecule has 0 aliphatic rings. The van der Waals surface area contributed by atoms with Crippen LogP contribution >= 0.6 is 7.14 Å². The lowest BCUT2D eigenvalue weighted by Crippen LogP contribution is -2.24. The van der Waals surface area contributed by atoms with Gasteiger partial charge in [0.05, 0.1) is 5.69 Å². The molecule has 0 bridgehead atoms. The van der Waals surface area contributed by atoms with E-state index in [1.165, 1.54) is 0 Å². The van der Waals surface area contributed by atoms with E-state index in [-0.39, 0.29) is 0 Å². The smallest absolute Gasteiger partial charge is 0.172 e. The molecule has 0 saturated heterocycles. The Bertz CT molecular complexity index is 1230. The maximum atomic E-state index is 14.8. The summed E-state index contributed by atoms with van der Waals surface area (Å²) in [5, 5.41) is 2.50. The molecule has 5 rings (SSSR count). The van der Waals surface area contributed by atoms with E-state index in [2.05, 4.69) is 34.9 Å². The second-order valence-corrected chi connectivity index (χ2v) is 10.2. The largest absolute Gasteiger partial charge is 0.316 e. The summed E-state index contributed by atoms with van der Waals surface area (Å²) in [5.41, 5.74) is 3.15. The van der Waals surface area contributed by atoms with E-state index in [0.29, 0.717) is 0 Å². The lowest BCUT2D eigenvalue weighted by atomic mass is 10.1. The lowest BCUT2D eigenvalue weighted by molar-refractivity contribution is 0.592. The number of para-hydroxylation sites is 1. The van der Waals surface area contributed by atoms with Gasteiger partial charge in [-0.3, -0.25) is 0 Å². The van der Waals surface area contributed by atoms with Crippen LogP contribution in [0.1, 0.15) is 0 Å². The van der Waals surface area contributed by atoms with Gasteiger partial charge in [-0.05, 0) is 23.8 Å². The van der Waals surface area contributed by atoms with E-state index in [4.69, 9.17) is 0 Å². The monoisotopic (exact) mass is 419 g/mol. The fourth-order valence-corrected chi connectivity index (χ4v) is 6.64. The van der Waals surface area contributed by atoms with Gasteiger partial charge in [-0.25, -0.2) is 0 Å². The van der Waals surface area contributed by atoms with E-state index in [1.807, 2.05) is 103 Å². The molecule has 4 aromatic carbocycles. The minimum absolute atomic E-state index is 0.826. The summed E-state index contributed by atoms with van der Waals surface area (Å²) >= 11 is 0. The molecule has 0 atom stereocenters. The van der Waals surface area contributed by atoms with Gasteiger partial charge < -0.3 is 9.13 Å². The van der Waals surface area contributed by atoms with Crippen LogP contribution in [0.15, 0.2) is 134 Å². The van der Waals surface area contributed by atoms with Crippen molar-refractivity contribution in [1.82, 2.24) is 4.57 Å². The molecule has 0 fully saturated rings. The number of benzene rings is 4. The molecule has 0 spiro atoms. The van der Waals surface area contributed by atoms with Crippen LogP contribution in [0.3, 0.4) is 0 Å². The summed E-state index contributed by atoms with van der Waals surface area (Å²) < 4.78 is 17.0. The van der Waals surface area contributed by atoms with Crippen molar-refractivity contribution in [1.29, 1.82) is 0 Å². The second-order valence-electron chi connectivity index (χ2n) is 7.44. The minimum atomic E-state index is -3.04. The van der Waals surface area contributed by atoms with Crippen molar-refractivity contribution in [2.24, 2.45) is 0 Å². The SMILES string of the molecule is O=P(c1ccccc1)(c1ccccc1)c1cc(-c2ccccc2)n(-c2ccccc2)c1. The highest BCUT2D eigenvalue weighted by Crippen LogP contribution is 2.44. The topological polar surface area (TPSA) is 22.0 Å². The first-order valence-electron chi connectivity index (χ1n) is 10.3. The Morgan fingerprint density at radius 1 is 0.516 bits per heavy atom. The van der Waals surface area contributed by atoms with Crippen LogP contribution in [0.4, 0.5) is 0 Å². The molecule has 1 heterocycles. The molecule has 1 aromatic heterocycles. The first-order chi connectivity index (χ1) is 15.3. The first kappa shape index (κ1) is 19.4. The molecule has 0 radical (unpaired) electrons. The summed E-state index contributed by atoms with van der Waals surface area (Å²) in [6.07, 6.45) is 2.04. The number of hydrogen-bond donors (Lipinski definition) is 0. The van der Waals surface area contributed by atoms with Gasteiger partial charge in [0.15, 0.2) is 7.14 Å². The van der Waals surface area contributed by atoms with Crippen molar-refractivity contribution in [3.63, 3.8) is 0 Å². The number of hydrogen-bond acceptors (Lipinski definition) is 1. The first-order valence-corrected chi connectivity index (χ1v) is 12.0. The van der Waals surface area contributed by atoms with Crippen molar-refractivity contribution >= 4 is 23.1 Å². The molecule has 0 aliphatic carbocycles. The zero-order chi connectivity index (χ0) is 21.1. The minimum Gasteiger partial charge on any atom is -0.316 e. The molecular weight excluding hydrogens is 397 g/mol. The quantitative estimate of drug-likeness (QED) is 0.331. The average Bonchev–Trinajstić information content (AvgIpc) is 3.32. The van der Waals surface area contributed by atoms with Gasteiger partial charge in [-0.1, -0.05) is 109 Å². The van der Waals surface area contributed by atoms with Crippen molar-refractivity contribution in [3.05, 3.63) is 134 Å². The maximum absolute atomic E-state index is 14.8. The maximum Gasteiger partial charge on any atom is 0.172 e. The predicted molar refractivity (Wildman–Crippen MR) is 131 cm³/mol. The predicted octanol–water partition coefficient (Wildman–Crippen LogP) is 5.78. The van der Waals surface area contributed by atoms with Gasteiger partial charge >= 0.3 is 0 Å². The fraction of sp³-hybridized carbons (Fsp3) is 0. The average molecular weight is 419 g/mol. The Morgan fingerprint density at radius 3 is 1.48 bits per heavy atom. The number of aromatic nitrogens is 1. The van der Waals surface area contributed by atoms with Gasteiger partial charge in [0.25, 0.3) is 0 Å². The molecular formula is C28H22NOP. The number of rotatable bonds is 5. The molecule has 5 aromatic rings. The lowest BCUT2D eigenvalue weighted by Gasteiger charge is -2.18. The highest BCUT2D eigenvalue weighted by Gasteiger charge is 2.31. The molecule has 0 aliphatic heterocycles. The molecule has 3 heteroatoms. The standard InChI is InChI=1S/C28H22NOP/c30-31(25-17-9-3-10-18-25,26-19-11-4-12-20-26)27-21-28(23-13-5-1-6-14-23)29(22-27)24-15-7-2-8-16-24/h1-22H. The molecule has 0 unspecified atom stereocenters. The molecule has 2 nitrogen and oxygen atoms in total. The summed E-state index contributed by atoms with van der Waals surface area (Å²) in [6, 6.07) is 42.2. The second kappa shape index (κ2) is 8.26. The van der Waals surface area contributed by atoms with Crippen LogP contribution in [-0.4, -0.2) is 4.57 Å². The molecule has 0 N–H and O–H groups in total. The van der Waals surface area contributed by atoms with Crippen LogP contribution < -0.4 is 15.9 Å². The zero-order valence-electron chi connectivity index (χ0n) is 17.0. The van der Waals surface area contributed by atoms with Gasteiger partial charge in [0.1, 0.15) is 0 Å². The summed E-state index contributed by atoms with van der Waals surface area (Å²) in [7, 11) is -3.04.